The zero-order valence-corrected chi connectivity index (χ0v) is 18.6. The average molecular weight is 413 g/mol. The molecule has 0 amide bonds. The summed E-state index contributed by atoms with van der Waals surface area (Å²) >= 11 is 0. The monoisotopic (exact) mass is 412 g/mol. The third-order valence-electron chi connectivity index (χ3n) is 6.13. The van der Waals surface area contributed by atoms with Gasteiger partial charge in [-0.05, 0) is 69.8 Å². The van der Waals surface area contributed by atoms with Gasteiger partial charge in [-0.15, -0.1) is 10.2 Å². The molecule has 3 atom stereocenters. The van der Waals surface area contributed by atoms with Crippen LogP contribution in [0, 0.1) is 5.92 Å². The van der Waals surface area contributed by atoms with Gasteiger partial charge >= 0.3 is 0 Å². The predicted octanol–water partition coefficient (Wildman–Crippen LogP) is 3.82. The van der Waals surface area contributed by atoms with E-state index in [4.69, 9.17) is 0 Å². The maximum absolute atomic E-state index is 12.3. The summed E-state index contributed by atoms with van der Waals surface area (Å²) < 4.78 is 0. The number of hydrogen-bond acceptors (Lipinski definition) is 6. The molecule has 7 heteroatoms. The van der Waals surface area contributed by atoms with Crippen molar-refractivity contribution in [1.82, 2.24) is 25.5 Å². The minimum absolute atomic E-state index is 0.0547. The van der Waals surface area contributed by atoms with E-state index in [1.807, 2.05) is 0 Å². The Hall–Kier alpha value is -2.28. The molecular weight excluding hydrogens is 376 g/mol. The lowest BCUT2D eigenvalue weighted by Crippen LogP contribution is -2.42. The normalized spacial score (nSPS) is 19.4. The lowest BCUT2D eigenvalue weighted by molar-refractivity contribution is -0.121. The molecule has 30 heavy (non-hydrogen) atoms. The third-order valence-corrected chi connectivity index (χ3v) is 6.13. The second-order valence-corrected chi connectivity index (χ2v) is 8.57. The number of aromatic nitrogens is 4. The third kappa shape index (κ3) is 6.11. The number of likely N-dealkylation sites (tertiary alicyclic amines) is 1. The quantitative estimate of drug-likeness (QED) is 0.583. The first-order valence-electron chi connectivity index (χ1n) is 11.4. The Kier molecular flexibility index (Phi) is 8.37. The van der Waals surface area contributed by atoms with Gasteiger partial charge in [-0.3, -0.25) is 4.79 Å². The van der Waals surface area contributed by atoms with Crippen LogP contribution in [0.25, 0.3) is 0 Å². The van der Waals surface area contributed by atoms with Crippen molar-refractivity contribution >= 4 is 11.5 Å². The Morgan fingerprint density at radius 2 is 2.07 bits per heavy atom. The summed E-state index contributed by atoms with van der Waals surface area (Å²) in [6.45, 7) is 9.55. The van der Waals surface area contributed by atoms with Crippen molar-refractivity contribution in [2.24, 2.45) is 5.92 Å². The van der Waals surface area contributed by atoms with Crippen LogP contribution < -0.4 is 5.32 Å². The molecule has 0 spiro atoms. The highest BCUT2D eigenvalue weighted by Crippen LogP contribution is 2.30. The van der Waals surface area contributed by atoms with Crippen molar-refractivity contribution in [3.8, 4) is 0 Å². The van der Waals surface area contributed by atoms with E-state index in [1.165, 1.54) is 37.9 Å². The lowest BCUT2D eigenvalue weighted by Gasteiger charge is -2.33. The molecular formula is C23H36N6O. The summed E-state index contributed by atoms with van der Waals surface area (Å²) in [5.41, 5.74) is 2.35. The number of piperidine rings is 1. The van der Waals surface area contributed by atoms with E-state index in [2.05, 4.69) is 69.0 Å². The Labute approximate surface area is 180 Å². The molecule has 164 valence electrons. The van der Waals surface area contributed by atoms with Gasteiger partial charge in [-0.25, -0.2) is 0 Å². The smallest absolute Gasteiger partial charge is 0.178 e. The number of carbonyl (C=O) groups excluding carboxylic acids is 1. The number of ketones is 1. The van der Waals surface area contributed by atoms with E-state index in [1.54, 1.807) is 6.92 Å². The van der Waals surface area contributed by atoms with E-state index in [0.29, 0.717) is 11.9 Å². The molecule has 1 aliphatic heterocycles. The molecule has 0 radical (unpaired) electrons. The fourth-order valence-electron chi connectivity index (χ4n) is 4.66. The topological polar surface area (TPSA) is 86.8 Å². The first kappa shape index (κ1) is 22.4. The van der Waals surface area contributed by atoms with Gasteiger partial charge in [-0.1, -0.05) is 37.6 Å². The summed E-state index contributed by atoms with van der Waals surface area (Å²) in [4.78, 5) is 14.9. The Morgan fingerprint density at radius 3 is 2.70 bits per heavy atom. The number of tetrazole rings is 1. The van der Waals surface area contributed by atoms with Crippen LogP contribution in [0.5, 0.6) is 0 Å². The van der Waals surface area contributed by atoms with E-state index in [-0.39, 0.29) is 17.6 Å². The molecule has 7 nitrogen and oxygen atoms in total. The maximum atomic E-state index is 12.3. The highest BCUT2D eigenvalue weighted by atomic mass is 16.1. The highest BCUT2D eigenvalue weighted by molar-refractivity contribution is 5.79. The summed E-state index contributed by atoms with van der Waals surface area (Å²) in [5, 5.41) is 18.4. The van der Waals surface area contributed by atoms with Crippen molar-refractivity contribution in [2.75, 3.05) is 25.0 Å². The number of nitrogens with one attached hydrogen (secondary N) is 2. The highest BCUT2D eigenvalue weighted by Gasteiger charge is 2.30. The molecule has 1 saturated heterocycles. The number of anilines is 1. The molecule has 1 fully saturated rings. The molecule has 1 aliphatic rings. The van der Waals surface area contributed by atoms with Crippen LogP contribution in [0.4, 0.5) is 5.69 Å². The van der Waals surface area contributed by atoms with Crippen LogP contribution in [0.3, 0.4) is 0 Å². The zero-order valence-electron chi connectivity index (χ0n) is 18.6. The number of carbonyl (C=O) groups is 1. The van der Waals surface area contributed by atoms with Gasteiger partial charge < -0.3 is 10.2 Å². The number of aromatic amines is 1. The van der Waals surface area contributed by atoms with Crippen LogP contribution in [0.15, 0.2) is 24.3 Å². The second-order valence-electron chi connectivity index (χ2n) is 8.57. The van der Waals surface area contributed by atoms with Crippen molar-refractivity contribution < 1.29 is 4.79 Å². The predicted molar refractivity (Wildman–Crippen MR) is 120 cm³/mol. The van der Waals surface area contributed by atoms with Crippen LogP contribution in [0.1, 0.15) is 70.2 Å². The summed E-state index contributed by atoms with van der Waals surface area (Å²) in [6, 6.07) is 9.14. The molecule has 1 aromatic heterocycles. The van der Waals surface area contributed by atoms with E-state index in [0.717, 1.165) is 31.5 Å². The number of hydrogen-bond donors (Lipinski definition) is 2. The number of benzene rings is 1. The van der Waals surface area contributed by atoms with Gasteiger partial charge in [0.05, 0.1) is 0 Å². The largest absolute Gasteiger partial charge is 0.381 e. The Bertz CT molecular complexity index is 759. The van der Waals surface area contributed by atoms with Crippen LogP contribution in [0.2, 0.25) is 0 Å². The second kappa shape index (κ2) is 11.2. The number of H-pyrrole nitrogens is 1. The first-order valence-corrected chi connectivity index (χ1v) is 11.4. The summed E-state index contributed by atoms with van der Waals surface area (Å²) in [6.07, 6.45) is 6.22. The molecule has 0 saturated carbocycles. The number of rotatable bonds is 11. The minimum Gasteiger partial charge on any atom is -0.381 e. The number of Topliss-reactive ketones (excluding diaryl/α,β-unsaturated/α-hetero) is 1. The SMILES string of the molecule is CCC[C@H](C(C)=O)[C@H](Cc1ccc(NC2CCCN(CCC)C2)cc1)c1nn[nH]n1. The zero-order chi connectivity index (χ0) is 21.3. The molecule has 2 heterocycles. The Balaban J connectivity index is 1.66. The van der Waals surface area contributed by atoms with E-state index < -0.39 is 0 Å². The van der Waals surface area contributed by atoms with Crippen molar-refractivity contribution in [1.29, 1.82) is 0 Å². The Morgan fingerprint density at radius 1 is 1.27 bits per heavy atom. The van der Waals surface area contributed by atoms with E-state index in [9.17, 15) is 4.79 Å². The molecule has 0 bridgehead atoms. The molecule has 1 unspecified atom stereocenters. The van der Waals surface area contributed by atoms with Crippen LogP contribution in [-0.4, -0.2) is 57.0 Å². The van der Waals surface area contributed by atoms with E-state index >= 15 is 0 Å². The summed E-state index contributed by atoms with van der Waals surface area (Å²) in [7, 11) is 0. The van der Waals surface area contributed by atoms with Gasteiger partial charge in [0.1, 0.15) is 5.78 Å². The lowest BCUT2D eigenvalue weighted by atomic mass is 9.81. The van der Waals surface area contributed by atoms with Gasteiger partial charge in [0.15, 0.2) is 5.82 Å². The molecule has 3 rings (SSSR count). The average Bonchev–Trinajstić information content (AvgIpc) is 3.27. The standard InChI is InChI=1S/C23H36N6O/c1-4-7-21(17(3)30)22(23-25-27-28-26-23)15-18-9-11-19(12-10-18)24-20-8-6-14-29(16-20)13-5-2/h9-12,20-22,24H,4-8,13-16H2,1-3H3,(H,25,26,27,28)/t20?,21-,22+/m1/s1. The first-order chi connectivity index (χ1) is 14.6. The molecule has 2 N–H and O–H groups in total. The van der Waals surface area contributed by atoms with Gasteiger partial charge in [0, 0.05) is 30.1 Å². The molecule has 2 aromatic rings. The van der Waals surface area contributed by atoms with Crippen molar-refractivity contribution in [3.63, 3.8) is 0 Å². The van der Waals surface area contributed by atoms with Gasteiger partial charge in [0.2, 0.25) is 0 Å². The molecule has 0 aliphatic carbocycles. The molecule has 1 aromatic carbocycles. The van der Waals surface area contributed by atoms with Crippen molar-refractivity contribution in [2.45, 2.75) is 71.3 Å². The minimum atomic E-state index is -0.0859. The van der Waals surface area contributed by atoms with Crippen LogP contribution >= 0.6 is 0 Å². The summed E-state index contributed by atoms with van der Waals surface area (Å²) in [5.74, 6) is 0.682. The maximum Gasteiger partial charge on any atom is 0.178 e. The fraction of sp³-hybridized carbons (Fsp3) is 0.652. The van der Waals surface area contributed by atoms with Crippen molar-refractivity contribution in [3.05, 3.63) is 35.7 Å². The van der Waals surface area contributed by atoms with Gasteiger partial charge in [-0.2, -0.15) is 5.21 Å². The fourth-order valence-corrected chi connectivity index (χ4v) is 4.66. The van der Waals surface area contributed by atoms with Crippen LogP contribution in [-0.2, 0) is 11.2 Å². The van der Waals surface area contributed by atoms with Gasteiger partial charge in [0.25, 0.3) is 0 Å². The number of nitrogens with zero attached hydrogens (tertiary/aromatic N) is 4.